The molecule has 1 aromatic carbocycles. The second-order valence-electron chi connectivity index (χ2n) is 5.80. The monoisotopic (exact) mass is 275 g/mol. The van der Waals surface area contributed by atoms with Crippen molar-refractivity contribution >= 4 is 11.6 Å². The van der Waals surface area contributed by atoms with Gasteiger partial charge in [0.2, 0.25) is 5.91 Å². The van der Waals surface area contributed by atoms with Crippen LogP contribution in [0.25, 0.3) is 0 Å². The Labute approximate surface area is 119 Å². The molecule has 1 amide bonds. The minimum Gasteiger partial charge on any atom is -0.495 e. The summed E-state index contributed by atoms with van der Waals surface area (Å²) in [5, 5.41) is 11.9. The van der Waals surface area contributed by atoms with E-state index >= 15 is 0 Å². The molecule has 0 aromatic heterocycles. The predicted octanol–water partition coefficient (Wildman–Crippen LogP) is 2.27. The summed E-state index contributed by atoms with van der Waals surface area (Å²) in [6.07, 6.45) is 0. The highest BCUT2D eigenvalue weighted by atomic mass is 16.5. The number of amides is 1. The fourth-order valence-electron chi connectivity index (χ4n) is 1.49. The number of nitrogens with two attached hydrogens (primary N) is 1. The van der Waals surface area contributed by atoms with Crippen molar-refractivity contribution in [1.82, 2.24) is 0 Å². The van der Waals surface area contributed by atoms with E-state index in [2.05, 4.69) is 5.32 Å². The van der Waals surface area contributed by atoms with E-state index in [4.69, 9.17) is 15.7 Å². The van der Waals surface area contributed by atoms with Gasteiger partial charge in [0.05, 0.1) is 18.1 Å². The van der Waals surface area contributed by atoms with Crippen LogP contribution in [0.2, 0.25) is 0 Å². The average molecular weight is 275 g/mol. The number of hydrogen-bond acceptors (Lipinski definition) is 4. The van der Waals surface area contributed by atoms with Crippen molar-refractivity contribution in [3.63, 3.8) is 0 Å². The van der Waals surface area contributed by atoms with Crippen LogP contribution in [0.4, 0.5) is 5.69 Å². The van der Waals surface area contributed by atoms with Gasteiger partial charge in [-0.1, -0.05) is 6.07 Å². The van der Waals surface area contributed by atoms with Crippen LogP contribution in [0, 0.1) is 16.7 Å². The fraction of sp³-hybridized carbons (Fsp3) is 0.467. The molecular formula is C15H21N3O2. The standard InChI is InChI=1S/C15H21N3O2/c1-14(2,15(3,4)17)13(19)18-12-10(9-16)7-6-8-11(12)20-5/h6-8H,17H2,1-5H3,(H,18,19). The molecule has 5 nitrogen and oxygen atoms in total. The van der Waals surface area contributed by atoms with Gasteiger partial charge in [0.15, 0.2) is 0 Å². The maximum Gasteiger partial charge on any atom is 0.232 e. The molecule has 0 aliphatic carbocycles. The Bertz CT molecular complexity index is 551. The zero-order valence-electron chi connectivity index (χ0n) is 12.6. The van der Waals surface area contributed by atoms with E-state index in [1.807, 2.05) is 6.07 Å². The maximum absolute atomic E-state index is 12.5. The second kappa shape index (κ2) is 5.51. The summed E-state index contributed by atoms with van der Waals surface area (Å²) in [5.74, 6) is 0.189. The molecule has 0 unspecified atom stereocenters. The molecule has 5 heteroatoms. The summed E-state index contributed by atoms with van der Waals surface area (Å²) in [4.78, 5) is 12.5. The lowest BCUT2D eigenvalue weighted by molar-refractivity contribution is -0.126. The first-order valence-corrected chi connectivity index (χ1v) is 6.32. The van der Waals surface area contributed by atoms with Crippen LogP contribution in [-0.2, 0) is 4.79 Å². The number of methoxy groups -OCH3 is 1. The Morgan fingerprint density at radius 2 is 1.95 bits per heavy atom. The SMILES string of the molecule is COc1cccc(C#N)c1NC(=O)C(C)(C)C(C)(C)N. The molecule has 1 rings (SSSR count). The van der Waals surface area contributed by atoms with E-state index in [-0.39, 0.29) is 5.91 Å². The van der Waals surface area contributed by atoms with Crippen LogP contribution in [-0.4, -0.2) is 18.6 Å². The lowest BCUT2D eigenvalue weighted by Crippen LogP contribution is -2.53. The Kier molecular flexibility index (Phi) is 4.41. The molecule has 0 radical (unpaired) electrons. The van der Waals surface area contributed by atoms with Crippen molar-refractivity contribution in [1.29, 1.82) is 5.26 Å². The minimum absolute atomic E-state index is 0.258. The fourth-order valence-corrected chi connectivity index (χ4v) is 1.49. The second-order valence-corrected chi connectivity index (χ2v) is 5.80. The van der Waals surface area contributed by atoms with Gasteiger partial charge in [-0.25, -0.2) is 0 Å². The number of nitriles is 1. The van der Waals surface area contributed by atoms with E-state index in [0.29, 0.717) is 17.0 Å². The molecule has 0 saturated carbocycles. The summed E-state index contributed by atoms with van der Waals surface area (Å²) in [7, 11) is 1.49. The number of nitrogens with zero attached hydrogens (tertiary/aromatic N) is 1. The van der Waals surface area contributed by atoms with E-state index < -0.39 is 11.0 Å². The number of anilines is 1. The van der Waals surface area contributed by atoms with Crippen LogP contribution in [0.1, 0.15) is 33.3 Å². The highest BCUT2D eigenvalue weighted by molar-refractivity contribution is 5.98. The first-order valence-electron chi connectivity index (χ1n) is 6.32. The van der Waals surface area contributed by atoms with Gasteiger partial charge in [0.25, 0.3) is 0 Å². The lowest BCUT2D eigenvalue weighted by atomic mass is 9.74. The number of benzene rings is 1. The zero-order chi connectivity index (χ0) is 15.6. The summed E-state index contributed by atoms with van der Waals surface area (Å²) in [6.45, 7) is 7.12. The molecule has 0 atom stereocenters. The van der Waals surface area contributed by atoms with Gasteiger partial charge in [-0.05, 0) is 39.8 Å². The Morgan fingerprint density at radius 3 is 2.40 bits per heavy atom. The van der Waals surface area contributed by atoms with Crippen LogP contribution < -0.4 is 15.8 Å². The normalized spacial score (nSPS) is 11.7. The van der Waals surface area contributed by atoms with E-state index in [9.17, 15) is 4.79 Å². The van der Waals surface area contributed by atoms with Crippen molar-refractivity contribution in [3.8, 4) is 11.8 Å². The van der Waals surface area contributed by atoms with Gasteiger partial charge in [0, 0.05) is 5.54 Å². The van der Waals surface area contributed by atoms with Crippen LogP contribution in [0.3, 0.4) is 0 Å². The molecule has 0 aliphatic heterocycles. The summed E-state index contributed by atoms with van der Waals surface area (Å²) >= 11 is 0. The zero-order valence-corrected chi connectivity index (χ0v) is 12.6. The number of nitrogens with one attached hydrogen (secondary N) is 1. The third kappa shape index (κ3) is 2.91. The van der Waals surface area contributed by atoms with Gasteiger partial charge in [-0.15, -0.1) is 0 Å². The van der Waals surface area contributed by atoms with Gasteiger partial charge in [0.1, 0.15) is 17.5 Å². The number of carbonyl (C=O) groups is 1. The predicted molar refractivity (Wildman–Crippen MR) is 78.4 cm³/mol. The number of ether oxygens (including phenoxy) is 1. The largest absolute Gasteiger partial charge is 0.495 e. The highest BCUT2D eigenvalue weighted by Crippen LogP contribution is 2.33. The summed E-state index contributed by atoms with van der Waals surface area (Å²) < 4.78 is 5.19. The van der Waals surface area contributed by atoms with E-state index in [1.165, 1.54) is 7.11 Å². The van der Waals surface area contributed by atoms with E-state index in [0.717, 1.165) is 0 Å². The molecule has 0 fully saturated rings. The molecule has 0 saturated heterocycles. The Hall–Kier alpha value is -2.06. The van der Waals surface area contributed by atoms with Gasteiger partial charge in [-0.2, -0.15) is 5.26 Å². The molecule has 0 spiro atoms. The van der Waals surface area contributed by atoms with Crippen molar-refractivity contribution in [3.05, 3.63) is 23.8 Å². The third-order valence-corrected chi connectivity index (χ3v) is 3.78. The minimum atomic E-state index is -0.805. The topological polar surface area (TPSA) is 88.1 Å². The van der Waals surface area contributed by atoms with E-state index in [1.54, 1.807) is 45.9 Å². The molecule has 20 heavy (non-hydrogen) atoms. The van der Waals surface area contributed by atoms with Crippen molar-refractivity contribution in [2.45, 2.75) is 33.2 Å². The third-order valence-electron chi connectivity index (χ3n) is 3.78. The van der Waals surface area contributed by atoms with Crippen LogP contribution >= 0.6 is 0 Å². The van der Waals surface area contributed by atoms with Gasteiger partial charge in [-0.3, -0.25) is 4.79 Å². The van der Waals surface area contributed by atoms with Crippen LogP contribution in [0.15, 0.2) is 18.2 Å². The molecule has 1 aromatic rings. The molecule has 0 bridgehead atoms. The molecular weight excluding hydrogens is 254 g/mol. The van der Waals surface area contributed by atoms with Crippen molar-refractivity contribution in [2.75, 3.05) is 12.4 Å². The van der Waals surface area contributed by atoms with Crippen molar-refractivity contribution in [2.24, 2.45) is 11.1 Å². The van der Waals surface area contributed by atoms with Gasteiger partial charge < -0.3 is 15.8 Å². The quantitative estimate of drug-likeness (QED) is 0.882. The number of hydrogen-bond donors (Lipinski definition) is 2. The molecule has 3 N–H and O–H groups in total. The number of rotatable bonds is 4. The highest BCUT2D eigenvalue weighted by Gasteiger charge is 2.40. The summed E-state index contributed by atoms with van der Waals surface area (Å²) in [5.41, 5.74) is 5.27. The molecule has 0 heterocycles. The Morgan fingerprint density at radius 1 is 1.35 bits per heavy atom. The average Bonchev–Trinajstić information content (AvgIpc) is 2.37. The maximum atomic E-state index is 12.5. The van der Waals surface area contributed by atoms with Crippen molar-refractivity contribution < 1.29 is 9.53 Å². The van der Waals surface area contributed by atoms with Crippen LogP contribution in [0.5, 0.6) is 5.75 Å². The van der Waals surface area contributed by atoms with Gasteiger partial charge >= 0.3 is 0 Å². The molecule has 108 valence electrons. The summed E-state index contributed by atoms with van der Waals surface area (Å²) in [6, 6.07) is 7.05. The first kappa shape index (κ1) is 16.0. The molecule has 0 aliphatic rings. The smallest absolute Gasteiger partial charge is 0.232 e. The Balaban J connectivity index is 3.18. The lowest BCUT2D eigenvalue weighted by Gasteiger charge is -2.37. The number of para-hydroxylation sites is 1. The first-order chi connectivity index (χ1) is 9.15. The number of carbonyl (C=O) groups excluding carboxylic acids is 1.